The van der Waals surface area contributed by atoms with Gasteiger partial charge in [-0.3, -0.25) is 4.98 Å². The minimum Gasteiger partial charge on any atom is -0.314 e. The molecular formula is C13H19FN2. The van der Waals surface area contributed by atoms with Crippen molar-refractivity contribution in [3.63, 3.8) is 0 Å². The van der Waals surface area contributed by atoms with Crippen LogP contribution < -0.4 is 5.32 Å². The Labute approximate surface area is 96.3 Å². The van der Waals surface area contributed by atoms with E-state index in [9.17, 15) is 4.39 Å². The predicted octanol–water partition coefficient (Wildman–Crippen LogP) is 2.71. The summed E-state index contributed by atoms with van der Waals surface area (Å²) in [4.78, 5) is 4.16. The van der Waals surface area contributed by atoms with Crippen LogP contribution in [-0.2, 0) is 0 Å². The first-order valence-electron chi connectivity index (χ1n) is 6.07. The van der Waals surface area contributed by atoms with Crippen molar-refractivity contribution in [3.8, 4) is 0 Å². The Bertz CT molecular complexity index is 336. The van der Waals surface area contributed by atoms with Crippen molar-refractivity contribution in [2.75, 3.05) is 6.54 Å². The number of nitrogens with zero attached hydrogens (tertiary/aromatic N) is 1. The van der Waals surface area contributed by atoms with E-state index in [2.05, 4.69) is 24.1 Å². The van der Waals surface area contributed by atoms with Crippen LogP contribution >= 0.6 is 0 Å². The molecule has 16 heavy (non-hydrogen) atoms. The van der Waals surface area contributed by atoms with Gasteiger partial charge < -0.3 is 5.32 Å². The maximum absolute atomic E-state index is 12.7. The maximum atomic E-state index is 12.7. The molecular weight excluding hydrogens is 203 g/mol. The fraction of sp³-hybridized carbons (Fsp3) is 0.615. The monoisotopic (exact) mass is 222 g/mol. The molecule has 1 fully saturated rings. The van der Waals surface area contributed by atoms with Crippen molar-refractivity contribution in [3.05, 3.63) is 29.8 Å². The molecule has 1 aliphatic rings. The van der Waals surface area contributed by atoms with Crippen molar-refractivity contribution < 1.29 is 4.39 Å². The second kappa shape index (κ2) is 4.91. The molecule has 1 N–H and O–H groups in total. The Hall–Kier alpha value is -0.960. The molecule has 3 unspecified atom stereocenters. The molecule has 0 aliphatic heterocycles. The average Bonchev–Trinajstić information content (AvgIpc) is 2.30. The second-order valence-electron chi connectivity index (χ2n) is 4.66. The highest BCUT2D eigenvalue weighted by molar-refractivity contribution is 5.17. The van der Waals surface area contributed by atoms with Gasteiger partial charge in [-0.2, -0.15) is 0 Å². The molecule has 0 radical (unpaired) electrons. The second-order valence-corrected chi connectivity index (χ2v) is 4.66. The fourth-order valence-corrected chi connectivity index (χ4v) is 2.38. The van der Waals surface area contributed by atoms with Crippen molar-refractivity contribution in [1.82, 2.24) is 10.3 Å². The number of hydrogen-bond donors (Lipinski definition) is 1. The van der Waals surface area contributed by atoms with Crippen LogP contribution in [-0.4, -0.2) is 17.6 Å². The summed E-state index contributed by atoms with van der Waals surface area (Å²) in [5, 5.41) is 3.53. The van der Waals surface area contributed by atoms with Crippen LogP contribution in [0.2, 0.25) is 0 Å². The molecule has 1 aromatic rings. The topological polar surface area (TPSA) is 24.9 Å². The van der Waals surface area contributed by atoms with Gasteiger partial charge in [0.1, 0.15) is 5.82 Å². The number of hydrogen-bond acceptors (Lipinski definition) is 2. The third-order valence-electron chi connectivity index (χ3n) is 3.56. The average molecular weight is 222 g/mol. The van der Waals surface area contributed by atoms with Gasteiger partial charge in [-0.15, -0.1) is 0 Å². The molecule has 0 saturated heterocycles. The molecule has 88 valence electrons. The van der Waals surface area contributed by atoms with Crippen molar-refractivity contribution in [2.45, 2.75) is 38.6 Å². The maximum Gasteiger partial charge on any atom is 0.141 e. The van der Waals surface area contributed by atoms with Crippen LogP contribution in [0.3, 0.4) is 0 Å². The Morgan fingerprint density at radius 3 is 2.88 bits per heavy atom. The van der Waals surface area contributed by atoms with Crippen LogP contribution in [0, 0.1) is 11.7 Å². The van der Waals surface area contributed by atoms with Gasteiger partial charge in [0, 0.05) is 17.7 Å². The Kier molecular flexibility index (Phi) is 3.54. The van der Waals surface area contributed by atoms with Gasteiger partial charge in [0.2, 0.25) is 0 Å². The molecule has 0 amide bonds. The van der Waals surface area contributed by atoms with Gasteiger partial charge in [0.15, 0.2) is 0 Å². The number of halogens is 1. The standard InChI is InChI=1S/C13H19FN2/c1-3-6-15-13-7-11(9(13)2)12-5-4-10(14)8-16-12/h4-5,8-9,11,13,15H,3,6-7H2,1-2H3. The fourth-order valence-electron chi connectivity index (χ4n) is 2.38. The molecule has 1 heterocycles. The van der Waals surface area contributed by atoms with Crippen LogP contribution in [0.15, 0.2) is 18.3 Å². The summed E-state index contributed by atoms with van der Waals surface area (Å²) in [6, 6.07) is 3.92. The van der Waals surface area contributed by atoms with E-state index in [1.807, 2.05) is 6.07 Å². The zero-order valence-electron chi connectivity index (χ0n) is 9.91. The highest BCUT2D eigenvalue weighted by Gasteiger charge is 2.38. The predicted molar refractivity (Wildman–Crippen MR) is 62.8 cm³/mol. The number of rotatable bonds is 4. The van der Waals surface area contributed by atoms with Crippen molar-refractivity contribution in [2.24, 2.45) is 5.92 Å². The first-order chi connectivity index (χ1) is 7.72. The molecule has 1 saturated carbocycles. The van der Waals surface area contributed by atoms with Gasteiger partial charge >= 0.3 is 0 Å². The summed E-state index contributed by atoms with van der Waals surface area (Å²) < 4.78 is 12.7. The summed E-state index contributed by atoms with van der Waals surface area (Å²) in [5.74, 6) is 0.843. The van der Waals surface area contributed by atoms with Gasteiger partial charge in [-0.05, 0) is 37.4 Å². The molecule has 1 aliphatic carbocycles. The minimum absolute atomic E-state index is 0.253. The number of nitrogens with one attached hydrogen (secondary N) is 1. The quantitative estimate of drug-likeness (QED) is 0.847. The highest BCUT2D eigenvalue weighted by atomic mass is 19.1. The van der Waals surface area contributed by atoms with Crippen LogP contribution in [0.25, 0.3) is 0 Å². The van der Waals surface area contributed by atoms with E-state index >= 15 is 0 Å². The van der Waals surface area contributed by atoms with Crippen molar-refractivity contribution >= 4 is 0 Å². The summed E-state index contributed by atoms with van der Waals surface area (Å²) in [6.07, 6.45) is 3.61. The van der Waals surface area contributed by atoms with E-state index in [0.717, 1.165) is 18.7 Å². The van der Waals surface area contributed by atoms with E-state index in [1.54, 1.807) is 0 Å². The molecule has 0 aromatic carbocycles. The Balaban J connectivity index is 1.92. The molecule has 2 rings (SSSR count). The lowest BCUT2D eigenvalue weighted by Gasteiger charge is -2.43. The molecule has 3 heteroatoms. The Morgan fingerprint density at radius 1 is 1.50 bits per heavy atom. The van der Waals surface area contributed by atoms with E-state index in [1.165, 1.54) is 18.7 Å². The third kappa shape index (κ3) is 2.24. The molecule has 0 bridgehead atoms. The summed E-state index contributed by atoms with van der Waals surface area (Å²) >= 11 is 0. The normalized spacial score (nSPS) is 28.8. The first kappa shape index (κ1) is 11.5. The van der Waals surface area contributed by atoms with E-state index < -0.39 is 0 Å². The van der Waals surface area contributed by atoms with E-state index in [0.29, 0.717) is 17.9 Å². The van der Waals surface area contributed by atoms with Crippen LogP contribution in [0.4, 0.5) is 4.39 Å². The molecule has 0 spiro atoms. The molecule has 2 nitrogen and oxygen atoms in total. The zero-order valence-corrected chi connectivity index (χ0v) is 9.91. The molecule has 3 atom stereocenters. The molecule has 1 aromatic heterocycles. The minimum atomic E-state index is -0.253. The summed E-state index contributed by atoms with van der Waals surface area (Å²) in [7, 11) is 0. The summed E-state index contributed by atoms with van der Waals surface area (Å²) in [6.45, 7) is 5.50. The van der Waals surface area contributed by atoms with Gasteiger partial charge in [0.25, 0.3) is 0 Å². The van der Waals surface area contributed by atoms with Gasteiger partial charge in [0.05, 0.1) is 6.20 Å². The largest absolute Gasteiger partial charge is 0.314 e. The SMILES string of the molecule is CCCNC1CC(c2ccc(F)cn2)C1C. The van der Waals surface area contributed by atoms with Crippen LogP contribution in [0.5, 0.6) is 0 Å². The lowest BCUT2D eigenvalue weighted by molar-refractivity contribution is 0.181. The van der Waals surface area contributed by atoms with Crippen molar-refractivity contribution in [1.29, 1.82) is 0 Å². The smallest absolute Gasteiger partial charge is 0.141 e. The van der Waals surface area contributed by atoms with Crippen LogP contribution in [0.1, 0.15) is 38.3 Å². The lowest BCUT2D eigenvalue weighted by atomic mass is 9.68. The Morgan fingerprint density at radius 2 is 2.31 bits per heavy atom. The van der Waals surface area contributed by atoms with Gasteiger partial charge in [-0.25, -0.2) is 4.39 Å². The highest BCUT2D eigenvalue weighted by Crippen LogP contribution is 2.41. The number of aromatic nitrogens is 1. The van der Waals surface area contributed by atoms with E-state index in [4.69, 9.17) is 0 Å². The lowest BCUT2D eigenvalue weighted by Crippen LogP contribution is -2.48. The zero-order chi connectivity index (χ0) is 11.5. The number of pyridine rings is 1. The summed E-state index contributed by atoms with van der Waals surface area (Å²) in [5.41, 5.74) is 1.03. The first-order valence-corrected chi connectivity index (χ1v) is 6.07. The van der Waals surface area contributed by atoms with Gasteiger partial charge in [-0.1, -0.05) is 13.8 Å². The van der Waals surface area contributed by atoms with E-state index in [-0.39, 0.29) is 5.82 Å². The third-order valence-corrected chi connectivity index (χ3v) is 3.56.